The zero-order valence-corrected chi connectivity index (χ0v) is 7.47. The Hall–Kier alpha value is -1.85. The van der Waals surface area contributed by atoms with Gasteiger partial charge < -0.3 is 5.73 Å². The minimum Gasteiger partial charge on any atom is -0.368 e. The van der Waals surface area contributed by atoms with Crippen LogP contribution in [0.2, 0.25) is 0 Å². The van der Waals surface area contributed by atoms with E-state index in [9.17, 15) is 0 Å². The number of rotatable bonds is 2. The Labute approximate surface area is 75.7 Å². The molecule has 2 N–H and O–H groups in total. The van der Waals surface area contributed by atoms with E-state index in [2.05, 4.69) is 24.9 Å². The quantitative estimate of drug-likeness (QED) is 0.681. The van der Waals surface area contributed by atoms with Crippen molar-refractivity contribution in [2.24, 2.45) is 9.98 Å². The van der Waals surface area contributed by atoms with Gasteiger partial charge in [0.05, 0.1) is 0 Å². The lowest BCUT2D eigenvalue weighted by Crippen LogP contribution is -1.96. The highest BCUT2D eigenvalue weighted by Gasteiger charge is 1.99. The summed E-state index contributed by atoms with van der Waals surface area (Å²) in [6.45, 7) is 3.53. The maximum atomic E-state index is 5.41. The number of aliphatic imine (C=N–C) groups is 2. The Morgan fingerprint density at radius 3 is 1.85 bits per heavy atom. The number of nitrogen functional groups attached to an aromatic ring is 1. The van der Waals surface area contributed by atoms with Crippen molar-refractivity contribution in [2.75, 3.05) is 5.73 Å². The molecule has 0 bridgehead atoms. The van der Waals surface area contributed by atoms with Crippen molar-refractivity contribution >= 4 is 30.3 Å². The lowest BCUT2D eigenvalue weighted by atomic mass is 10.8. The van der Waals surface area contributed by atoms with Gasteiger partial charge in [-0.15, -0.1) is 0 Å². The van der Waals surface area contributed by atoms with Gasteiger partial charge in [0.15, 0.2) is 0 Å². The van der Waals surface area contributed by atoms with E-state index in [1.807, 2.05) is 0 Å². The molecule has 0 unspecified atom stereocenters. The van der Waals surface area contributed by atoms with Crippen LogP contribution in [0.25, 0.3) is 0 Å². The number of hydrogen-bond donors (Lipinski definition) is 1. The van der Waals surface area contributed by atoms with Crippen molar-refractivity contribution in [1.29, 1.82) is 0 Å². The standard InChI is InChI=1S/C7H10N6/c1-3-9-6-11-5(8)12-7(13-6)10-4-2/h3-4H,1-2H3,(H2,8,11,12,13)/b9-3+,10-4+. The molecule has 0 aliphatic heterocycles. The second kappa shape index (κ2) is 4.24. The van der Waals surface area contributed by atoms with Crippen LogP contribution in [0.15, 0.2) is 9.98 Å². The van der Waals surface area contributed by atoms with E-state index in [0.717, 1.165) is 0 Å². The second-order valence-electron chi connectivity index (χ2n) is 2.07. The number of aromatic nitrogens is 3. The van der Waals surface area contributed by atoms with E-state index in [0.29, 0.717) is 0 Å². The van der Waals surface area contributed by atoms with Crippen molar-refractivity contribution in [3.05, 3.63) is 0 Å². The summed E-state index contributed by atoms with van der Waals surface area (Å²) in [5.74, 6) is 0.669. The molecule has 68 valence electrons. The number of nitrogens with zero attached hydrogens (tertiary/aromatic N) is 5. The normalized spacial score (nSPS) is 11.5. The fraction of sp³-hybridized carbons (Fsp3) is 0.286. The Balaban J connectivity index is 3.10. The van der Waals surface area contributed by atoms with E-state index in [1.165, 1.54) is 0 Å². The summed E-state index contributed by atoms with van der Waals surface area (Å²) in [5, 5.41) is 0. The summed E-state index contributed by atoms with van der Waals surface area (Å²) >= 11 is 0. The van der Waals surface area contributed by atoms with Gasteiger partial charge in [-0.05, 0) is 13.8 Å². The van der Waals surface area contributed by atoms with Crippen LogP contribution in [0.4, 0.5) is 17.8 Å². The molecule has 0 aliphatic rings. The van der Waals surface area contributed by atoms with Crippen molar-refractivity contribution in [1.82, 2.24) is 15.0 Å². The smallest absolute Gasteiger partial charge is 0.255 e. The average Bonchev–Trinajstić information content (AvgIpc) is 2.04. The first-order valence-corrected chi connectivity index (χ1v) is 3.75. The molecule has 0 spiro atoms. The van der Waals surface area contributed by atoms with Gasteiger partial charge in [0.1, 0.15) is 0 Å². The molecule has 0 saturated heterocycles. The van der Waals surface area contributed by atoms with Gasteiger partial charge in [-0.1, -0.05) is 0 Å². The van der Waals surface area contributed by atoms with Gasteiger partial charge in [0.2, 0.25) is 5.95 Å². The van der Waals surface area contributed by atoms with Crippen molar-refractivity contribution < 1.29 is 0 Å². The molecule has 13 heavy (non-hydrogen) atoms. The van der Waals surface area contributed by atoms with E-state index < -0.39 is 0 Å². The van der Waals surface area contributed by atoms with Crippen molar-refractivity contribution in [2.45, 2.75) is 13.8 Å². The SMILES string of the molecule is C/C=N/c1nc(N)nc(/N=C/C)n1. The molecule has 0 radical (unpaired) electrons. The van der Waals surface area contributed by atoms with Crippen LogP contribution in [0, 0.1) is 0 Å². The summed E-state index contributed by atoms with van der Waals surface area (Å²) < 4.78 is 0. The fourth-order valence-corrected chi connectivity index (χ4v) is 0.716. The van der Waals surface area contributed by atoms with Gasteiger partial charge >= 0.3 is 0 Å². The van der Waals surface area contributed by atoms with Crippen molar-refractivity contribution in [3.63, 3.8) is 0 Å². The Morgan fingerprint density at radius 2 is 1.46 bits per heavy atom. The monoisotopic (exact) mass is 178 g/mol. The van der Waals surface area contributed by atoms with Crippen LogP contribution in [0.5, 0.6) is 0 Å². The van der Waals surface area contributed by atoms with Gasteiger partial charge in [-0.3, -0.25) is 0 Å². The van der Waals surface area contributed by atoms with Crippen LogP contribution in [-0.2, 0) is 0 Å². The van der Waals surface area contributed by atoms with E-state index in [1.54, 1.807) is 26.3 Å². The predicted molar refractivity (Wildman–Crippen MR) is 51.9 cm³/mol. The highest BCUT2D eigenvalue weighted by Crippen LogP contribution is 2.10. The largest absolute Gasteiger partial charge is 0.368 e. The third-order valence-electron chi connectivity index (χ3n) is 1.12. The molecule has 6 heteroatoms. The molecule has 1 aromatic heterocycles. The van der Waals surface area contributed by atoms with Crippen LogP contribution in [0.1, 0.15) is 13.8 Å². The fourth-order valence-electron chi connectivity index (χ4n) is 0.716. The molecule has 0 aliphatic carbocycles. The third kappa shape index (κ3) is 2.58. The van der Waals surface area contributed by atoms with Crippen LogP contribution >= 0.6 is 0 Å². The Kier molecular flexibility index (Phi) is 3.02. The molecular weight excluding hydrogens is 168 g/mol. The van der Waals surface area contributed by atoms with E-state index in [-0.39, 0.29) is 17.8 Å². The minimum absolute atomic E-state index is 0.121. The summed E-state index contributed by atoms with van der Waals surface area (Å²) in [4.78, 5) is 19.2. The molecule has 1 heterocycles. The zero-order valence-electron chi connectivity index (χ0n) is 7.47. The molecule has 0 atom stereocenters. The average molecular weight is 178 g/mol. The number of anilines is 1. The van der Waals surface area contributed by atoms with Gasteiger partial charge in [0, 0.05) is 12.4 Å². The van der Waals surface area contributed by atoms with E-state index >= 15 is 0 Å². The van der Waals surface area contributed by atoms with E-state index in [4.69, 9.17) is 5.73 Å². The summed E-state index contributed by atoms with van der Waals surface area (Å²) in [6, 6.07) is 0. The van der Waals surface area contributed by atoms with Crippen LogP contribution in [0.3, 0.4) is 0 Å². The lowest BCUT2D eigenvalue weighted by Gasteiger charge is -1.95. The van der Waals surface area contributed by atoms with Crippen molar-refractivity contribution in [3.8, 4) is 0 Å². The molecule has 1 rings (SSSR count). The number of nitrogens with two attached hydrogens (primary N) is 1. The maximum Gasteiger partial charge on any atom is 0.255 e. The summed E-state index contributed by atoms with van der Waals surface area (Å²) in [5.41, 5.74) is 5.41. The second-order valence-corrected chi connectivity index (χ2v) is 2.07. The van der Waals surface area contributed by atoms with Gasteiger partial charge in [0.25, 0.3) is 11.9 Å². The Morgan fingerprint density at radius 1 is 1.00 bits per heavy atom. The molecule has 1 aromatic rings. The first-order chi connectivity index (χ1) is 6.26. The predicted octanol–water partition coefficient (Wildman–Crippen LogP) is 0.898. The van der Waals surface area contributed by atoms with Crippen LogP contribution < -0.4 is 5.73 Å². The first kappa shape index (κ1) is 9.24. The maximum absolute atomic E-state index is 5.41. The summed E-state index contributed by atoms with van der Waals surface area (Å²) in [6.07, 6.45) is 3.16. The number of hydrogen-bond acceptors (Lipinski definition) is 6. The van der Waals surface area contributed by atoms with Gasteiger partial charge in [-0.25, -0.2) is 9.98 Å². The first-order valence-electron chi connectivity index (χ1n) is 3.75. The molecule has 0 aromatic carbocycles. The third-order valence-corrected chi connectivity index (χ3v) is 1.12. The molecule has 0 saturated carbocycles. The highest BCUT2D eigenvalue weighted by atomic mass is 15.2. The lowest BCUT2D eigenvalue weighted by molar-refractivity contribution is 1.04. The molecular formula is C7H10N6. The molecule has 0 fully saturated rings. The zero-order chi connectivity index (χ0) is 9.68. The van der Waals surface area contributed by atoms with Gasteiger partial charge in [-0.2, -0.15) is 15.0 Å². The highest BCUT2D eigenvalue weighted by molar-refractivity contribution is 5.59. The molecule has 6 nitrogen and oxygen atoms in total. The summed E-state index contributed by atoms with van der Waals surface area (Å²) in [7, 11) is 0. The Bertz CT molecular complexity index is 313. The topological polar surface area (TPSA) is 89.4 Å². The van der Waals surface area contributed by atoms with Crippen LogP contribution in [-0.4, -0.2) is 27.4 Å². The molecule has 0 amide bonds. The minimum atomic E-state index is 0.121.